The lowest BCUT2D eigenvalue weighted by Crippen LogP contribution is -2.59. The zero-order valence-corrected chi connectivity index (χ0v) is 45.1. The molecular formula is C56H60F2N7O14P. The largest absolute Gasteiger partial charge is 0.478 e. The molecular weight excluding hydrogens is 1060 g/mol. The number of halogens is 2. The van der Waals surface area contributed by atoms with Crippen LogP contribution in [0.25, 0.3) is 0 Å². The normalized spacial score (nSPS) is 19.8. The van der Waals surface area contributed by atoms with Crippen LogP contribution in [0.4, 0.5) is 18.4 Å². The van der Waals surface area contributed by atoms with Gasteiger partial charge in [-0.15, -0.1) is 0 Å². The second kappa shape index (κ2) is 25.1. The standard InChI is InChI=1S/C56H60F2N7O14P/c1-37-26-56(79-60-37)22-21-38(2)64-31-47(56)65-30-45(52(68)59-27-42-19-20-43(57)25-46(42)58)50(67)51(49(65)53(64)69)78-55(71)63-24-23-61(3)28-44(63)29-62(32-48(66)73-33-39-13-7-4-8-14-39)54(70)74-36-77-80(72,75-34-40-15-9-5-10-16-40)76-35-41-17-11-6-12-18-41/h4-20,25,30,38,44,47H,21-24,26-29,31-36H2,1-3H3,(H,59,68)/t38-,44+,47+,56-/m0/s1. The third-order valence-electron chi connectivity index (χ3n) is 14.3. The highest BCUT2D eigenvalue weighted by molar-refractivity contribution is 7.48. The summed E-state index contributed by atoms with van der Waals surface area (Å²) in [4.78, 5) is 98.2. The zero-order chi connectivity index (χ0) is 56.6. The fraction of sp³-hybridized carbons (Fsp3) is 0.375. The van der Waals surface area contributed by atoms with Crippen LogP contribution >= 0.6 is 7.82 Å². The Morgan fingerprint density at radius 3 is 2.12 bits per heavy atom. The quantitative estimate of drug-likeness (QED) is 0.0478. The van der Waals surface area contributed by atoms with Crippen molar-refractivity contribution in [3.8, 4) is 5.75 Å². The van der Waals surface area contributed by atoms with E-state index in [2.05, 4.69) is 10.5 Å². The minimum atomic E-state index is -4.46. The van der Waals surface area contributed by atoms with Gasteiger partial charge in [0, 0.05) is 69.6 Å². The van der Waals surface area contributed by atoms with Gasteiger partial charge in [-0.3, -0.25) is 33.1 Å². The maximum Gasteiger partial charge on any atom is 0.478 e. The molecule has 0 unspecified atom stereocenters. The molecule has 422 valence electrons. The minimum absolute atomic E-state index is 0.0641. The van der Waals surface area contributed by atoms with Gasteiger partial charge in [0.2, 0.25) is 18.0 Å². The van der Waals surface area contributed by atoms with Crippen LogP contribution in [0.5, 0.6) is 5.75 Å². The average Bonchev–Trinajstić information content (AvgIpc) is 4.00. The third kappa shape index (κ3) is 13.4. The van der Waals surface area contributed by atoms with Crippen LogP contribution in [0.1, 0.15) is 82.3 Å². The van der Waals surface area contributed by atoms with Gasteiger partial charge in [0.25, 0.3) is 11.8 Å². The highest BCUT2D eigenvalue weighted by atomic mass is 31.2. The molecule has 4 aromatic carbocycles. The molecule has 4 aliphatic heterocycles. The molecule has 5 heterocycles. The van der Waals surface area contributed by atoms with Crippen LogP contribution < -0.4 is 15.5 Å². The SMILES string of the molecule is CC1=NO[C@@]2(CC[C@H](C)N3C[C@H]2n2cc(C(=O)NCc4ccc(F)cc4F)c(=O)c(OC(=O)N4CCN(C)C[C@@H]4CN(CC(=O)OCc4ccccc4)C(=O)OCOP(=O)(OCc4ccccc4)OCc4ccccc4)c2C3=O)C1. The van der Waals surface area contributed by atoms with Gasteiger partial charge < -0.3 is 43.6 Å². The second-order valence-electron chi connectivity index (χ2n) is 20.0. The Bertz CT molecular complexity index is 3180. The number of aromatic nitrogens is 1. The fourth-order valence-electron chi connectivity index (χ4n) is 10.1. The molecule has 2 bridgehead atoms. The number of likely N-dealkylation sites (N-methyl/N-ethyl adjacent to an activating group) is 1. The first-order chi connectivity index (χ1) is 38.5. The number of pyridine rings is 1. The topological polar surface area (TPSA) is 226 Å². The number of hydrogen-bond donors (Lipinski definition) is 1. The number of nitrogens with zero attached hydrogens (tertiary/aromatic N) is 6. The highest BCUT2D eigenvalue weighted by Crippen LogP contribution is 2.51. The Kier molecular flexibility index (Phi) is 17.8. The maximum absolute atomic E-state index is 14.9. The molecule has 1 spiro atoms. The summed E-state index contributed by atoms with van der Waals surface area (Å²) in [5.74, 6) is -5.11. The van der Waals surface area contributed by atoms with Crippen molar-refractivity contribution in [1.82, 2.24) is 29.5 Å². The van der Waals surface area contributed by atoms with Gasteiger partial charge in [-0.1, -0.05) is 102 Å². The van der Waals surface area contributed by atoms with Gasteiger partial charge in [0.15, 0.2) is 11.3 Å². The van der Waals surface area contributed by atoms with Crippen LogP contribution in [0.15, 0.2) is 125 Å². The van der Waals surface area contributed by atoms with E-state index in [9.17, 15) is 42.1 Å². The number of hydrogen-bond acceptors (Lipinski definition) is 16. The summed E-state index contributed by atoms with van der Waals surface area (Å²) in [6.45, 7) is 0.870. The average molecular weight is 1120 g/mol. The van der Waals surface area contributed by atoms with Crippen molar-refractivity contribution in [1.29, 1.82) is 0 Å². The van der Waals surface area contributed by atoms with E-state index < -0.39 is 110 Å². The summed E-state index contributed by atoms with van der Waals surface area (Å²) in [5.41, 5.74) is -0.555. The molecule has 2 fully saturated rings. The van der Waals surface area contributed by atoms with E-state index in [1.807, 2.05) is 11.8 Å². The number of benzene rings is 4. The predicted molar refractivity (Wildman–Crippen MR) is 283 cm³/mol. The molecule has 1 aromatic heterocycles. The van der Waals surface area contributed by atoms with Crippen LogP contribution in [0, 0.1) is 11.6 Å². The summed E-state index contributed by atoms with van der Waals surface area (Å²) >= 11 is 0. The zero-order valence-electron chi connectivity index (χ0n) is 44.2. The molecule has 4 amide bonds. The van der Waals surface area contributed by atoms with Crippen molar-refractivity contribution in [3.63, 3.8) is 0 Å². The van der Waals surface area contributed by atoms with Gasteiger partial charge >= 0.3 is 26.0 Å². The van der Waals surface area contributed by atoms with Gasteiger partial charge in [-0.25, -0.2) is 27.5 Å². The van der Waals surface area contributed by atoms with Crippen LogP contribution in [0.2, 0.25) is 0 Å². The Hall–Kier alpha value is -7.82. The number of ether oxygens (including phenoxy) is 3. The van der Waals surface area contributed by atoms with Crippen LogP contribution in [-0.4, -0.2) is 131 Å². The van der Waals surface area contributed by atoms with E-state index in [4.69, 9.17) is 32.6 Å². The fourth-order valence-corrected chi connectivity index (χ4v) is 11.1. The van der Waals surface area contributed by atoms with E-state index in [1.54, 1.807) is 110 Å². The van der Waals surface area contributed by atoms with Crippen LogP contribution in [0.3, 0.4) is 0 Å². The van der Waals surface area contributed by atoms with Crippen molar-refractivity contribution >= 4 is 43.5 Å². The van der Waals surface area contributed by atoms with Crippen LogP contribution in [-0.2, 0) is 63.6 Å². The maximum atomic E-state index is 14.9. The van der Waals surface area contributed by atoms with E-state index in [0.717, 1.165) is 17.0 Å². The van der Waals surface area contributed by atoms with E-state index in [-0.39, 0.29) is 63.3 Å². The monoisotopic (exact) mass is 1120 g/mol. The number of carbonyl (C=O) groups is 5. The second-order valence-corrected chi connectivity index (χ2v) is 21.7. The molecule has 2 saturated heterocycles. The first-order valence-corrected chi connectivity index (χ1v) is 27.4. The lowest BCUT2D eigenvalue weighted by Gasteiger charge is -2.42. The lowest BCUT2D eigenvalue weighted by molar-refractivity contribution is -0.146. The third-order valence-corrected chi connectivity index (χ3v) is 15.7. The number of piperazine rings is 1. The Morgan fingerprint density at radius 1 is 0.850 bits per heavy atom. The number of amides is 4. The predicted octanol–water partition coefficient (Wildman–Crippen LogP) is 7.58. The molecule has 0 radical (unpaired) electrons. The summed E-state index contributed by atoms with van der Waals surface area (Å²) < 4.78 is 78.1. The summed E-state index contributed by atoms with van der Waals surface area (Å²) in [7, 11) is -2.71. The van der Waals surface area contributed by atoms with Gasteiger partial charge in [-0.05, 0) is 56.5 Å². The summed E-state index contributed by atoms with van der Waals surface area (Å²) in [5, 5.41) is 6.76. The highest BCUT2D eigenvalue weighted by Gasteiger charge is 2.54. The van der Waals surface area contributed by atoms with E-state index in [1.165, 1.54) is 15.7 Å². The number of esters is 1. The van der Waals surface area contributed by atoms with E-state index in [0.29, 0.717) is 47.7 Å². The molecule has 0 saturated carbocycles. The summed E-state index contributed by atoms with van der Waals surface area (Å²) in [6.07, 6.45) is 0.132. The summed E-state index contributed by atoms with van der Waals surface area (Å²) in [6, 6.07) is 27.1. The first kappa shape index (κ1) is 56.9. The molecule has 80 heavy (non-hydrogen) atoms. The first-order valence-electron chi connectivity index (χ1n) is 25.9. The molecule has 1 N–H and O–H groups in total. The van der Waals surface area contributed by atoms with Gasteiger partial charge in [0.05, 0.1) is 31.0 Å². The molecule has 4 atom stereocenters. The number of oxime groups is 1. The molecule has 21 nitrogen and oxygen atoms in total. The molecule has 4 aliphatic rings. The number of rotatable bonds is 19. The molecule has 0 aliphatic carbocycles. The smallest absolute Gasteiger partial charge is 0.459 e. The number of carbonyl (C=O) groups excluding carboxylic acids is 5. The Labute approximate surface area is 459 Å². The van der Waals surface area contributed by atoms with Crippen molar-refractivity contribution < 1.29 is 69.9 Å². The van der Waals surface area contributed by atoms with Crippen molar-refractivity contribution in [2.75, 3.05) is 53.1 Å². The van der Waals surface area contributed by atoms with E-state index >= 15 is 0 Å². The minimum Gasteiger partial charge on any atom is -0.459 e. The van der Waals surface area contributed by atoms with Gasteiger partial charge in [-0.2, -0.15) is 0 Å². The Morgan fingerprint density at radius 2 is 1.50 bits per heavy atom. The number of fused-ring (bicyclic) bond motifs is 5. The lowest BCUT2D eigenvalue weighted by atomic mass is 9.84. The number of nitrogens with one attached hydrogen (secondary N) is 1. The molecule has 24 heteroatoms. The van der Waals surface area contributed by atoms with Crippen molar-refractivity contribution in [2.45, 2.75) is 83.2 Å². The number of phosphoric acid groups is 1. The number of phosphoric ester groups is 1. The molecule has 5 aromatic rings. The van der Waals surface area contributed by atoms with Crippen molar-refractivity contribution in [3.05, 3.63) is 171 Å². The van der Waals surface area contributed by atoms with Crippen molar-refractivity contribution in [2.24, 2.45) is 5.16 Å². The van der Waals surface area contributed by atoms with Gasteiger partial charge in [0.1, 0.15) is 30.3 Å². The molecule has 9 rings (SSSR count). The Balaban J connectivity index is 0.998.